The molecule has 3 heterocycles. The van der Waals surface area contributed by atoms with Gasteiger partial charge in [-0.2, -0.15) is 5.10 Å². The van der Waals surface area contributed by atoms with Gasteiger partial charge in [0.15, 0.2) is 5.65 Å². The second kappa shape index (κ2) is 8.31. The molecule has 0 fully saturated rings. The van der Waals surface area contributed by atoms with E-state index >= 15 is 0 Å². The summed E-state index contributed by atoms with van der Waals surface area (Å²) in [4.78, 5) is 31.2. The number of amides is 1. The minimum absolute atomic E-state index is 0.0133. The molecule has 5 rings (SSSR count). The number of benzene rings is 2. The minimum atomic E-state index is -0.580. The van der Waals surface area contributed by atoms with Crippen molar-refractivity contribution in [3.8, 4) is 11.4 Å². The van der Waals surface area contributed by atoms with Crippen molar-refractivity contribution in [3.63, 3.8) is 0 Å². The van der Waals surface area contributed by atoms with E-state index in [4.69, 9.17) is 11.6 Å². The molecular weight excluding hydrogens is 454 g/mol. The van der Waals surface area contributed by atoms with Crippen LogP contribution in [0.3, 0.4) is 0 Å². The van der Waals surface area contributed by atoms with Gasteiger partial charge in [-0.1, -0.05) is 29.8 Å². The number of phenols is 1. The number of hydrogen-bond acceptors (Lipinski definition) is 5. The molecule has 9 heteroatoms. The monoisotopic (exact) mass is 473 g/mol. The average molecular weight is 474 g/mol. The second-order valence-corrected chi connectivity index (χ2v) is 8.38. The molecule has 170 valence electrons. The van der Waals surface area contributed by atoms with Crippen LogP contribution in [0.1, 0.15) is 34.7 Å². The van der Waals surface area contributed by atoms with Crippen LogP contribution in [0.15, 0.2) is 71.8 Å². The third kappa shape index (κ3) is 3.58. The summed E-state index contributed by atoms with van der Waals surface area (Å²) in [5.41, 5.74) is 1.98. The summed E-state index contributed by atoms with van der Waals surface area (Å²) < 4.78 is 3.01. The van der Waals surface area contributed by atoms with Crippen molar-refractivity contribution in [2.45, 2.75) is 19.9 Å². The lowest BCUT2D eigenvalue weighted by Crippen LogP contribution is -2.32. The first kappa shape index (κ1) is 21.7. The summed E-state index contributed by atoms with van der Waals surface area (Å²) in [7, 11) is 0. The Morgan fingerprint density at radius 2 is 1.94 bits per heavy atom. The summed E-state index contributed by atoms with van der Waals surface area (Å²) in [6.45, 7) is 3.53. The molecular formula is C25H20ClN5O3. The SMILES string of the molecule is Cc1nn2cccnc2c1C(=O)N[C@@H](C)c1cc2cccc(Cl)c2c(=O)n1-c1cccc(O)c1. The number of carbonyl (C=O) groups excluding carboxylic acids is 1. The minimum Gasteiger partial charge on any atom is -0.508 e. The zero-order valence-corrected chi connectivity index (χ0v) is 19.1. The quantitative estimate of drug-likeness (QED) is 0.407. The number of halogens is 1. The molecule has 1 amide bonds. The van der Waals surface area contributed by atoms with E-state index in [0.717, 1.165) is 0 Å². The summed E-state index contributed by atoms with van der Waals surface area (Å²) in [5.74, 6) is -0.348. The van der Waals surface area contributed by atoms with E-state index in [9.17, 15) is 14.7 Å². The van der Waals surface area contributed by atoms with Gasteiger partial charge in [0, 0.05) is 24.2 Å². The number of pyridine rings is 1. The number of phenolic OH excluding ortho intramolecular Hbond substituents is 1. The number of nitrogens with one attached hydrogen (secondary N) is 1. The first-order valence-electron chi connectivity index (χ1n) is 10.6. The normalized spacial score (nSPS) is 12.2. The van der Waals surface area contributed by atoms with Gasteiger partial charge in [0.2, 0.25) is 0 Å². The number of aromatic hydroxyl groups is 1. The summed E-state index contributed by atoms with van der Waals surface area (Å²) in [5, 5.41) is 18.7. The van der Waals surface area contributed by atoms with Crippen LogP contribution in [-0.2, 0) is 0 Å². The highest BCUT2D eigenvalue weighted by molar-refractivity contribution is 6.35. The third-order valence-electron chi connectivity index (χ3n) is 5.70. The van der Waals surface area contributed by atoms with Crippen LogP contribution in [0, 0.1) is 6.92 Å². The van der Waals surface area contributed by atoms with E-state index in [2.05, 4.69) is 15.4 Å². The molecule has 0 aliphatic heterocycles. The number of rotatable bonds is 4. The average Bonchev–Trinajstić information content (AvgIpc) is 3.14. The lowest BCUT2D eigenvalue weighted by Gasteiger charge is -2.21. The standard InChI is InChI=1S/C25H20ClN5O3/c1-14(28-24(33)21-15(2)29-30-11-5-10-27-23(21)30)20-12-16-6-3-9-19(26)22(16)25(34)31(20)17-7-4-8-18(32)13-17/h3-14,32H,1-2H3,(H,28,33)/t14-/m0/s1. The van der Waals surface area contributed by atoms with E-state index in [1.807, 2.05) is 6.07 Å². The molecule has 0 saturated carbocycles. The van der Waals surface area contributed by atoms with Crippen LogP contribution in [0.25, 0.3) is 22.1 Å². The Morgan fingerprint density at radius 1 is 1.15 bits per heavy atom. The Morgan fingerprint density at radius 3 is 2.74 bits per heavy atom. The molecule has 34 heavy (non-hydrogen) atoms. The molecule has 2 N–H and O–H groups in total. The molecule has 0 spiro atoms. The lowest BCUT2D eigenvalue weighted by atomic mass is 10.1. The molecule has 1 atom stereocenters. The zero-order chi connectivity index (χ0) is 24.0. The fraction of sp³-hybridized carbons (Fsp3) is 0.120. The fourth-order valence-corrected chi connectivity index (χ4v) is 4.42. The van der Waals surface area contributed by atoms with Crippen molar-refractivity contribution < 1.29 is 9.90 Å². The molecule has 3 aromatic heterocycles. The molecule has 0 bridgehead atoms. The van der Waals surface area contributed by atoms with Gasteiger partial charge in [0.1, 0.15) is 11.3 Å². The van der Waals surface area contributed by atoms with Crippen LogP contribution < -0.4 is 10.9 Å². The predicted molar refractivity (Wildman–Crippen MR) is 130 cm³/mol. The highest BCUT2D eigenvalue weighted by Crippen LogP contribution is 2.27. The highest BCUT2D eigenvalue weighted by atomic mass is 35.5. The molecule has 5 aromatic rings. The van der Waals surface area contributed by atoms with Gasteiger partial charge >= 0.3 is 0 Å². The second-order valence-electron chi connectivity index (χ2n) is 7.98. The summed E-state index contributed by atoms with van der Waals surface area (Å²) >= 11 is 6.36. The van der Waals surface area contributed by atoms with Gasteiger partial charge in [0.25, 0.3) is 11.5 Å². The number of aryl methyl sites for hydroxylation is 1. The van der Waals surface area contributed by atoms with Crippen LogP contribution in [0.5, 0.6) is 5.75 Å². The Bertz CT molecular complexity index is 1640. The molecule has 2 aromatic carbocycles. The first-order chi connectivity index (χ1) is 16.3. The van der Waals surface area contributed by atoms with Crippen molar-refractivity contribution in [3.05, 3.63) is 99.3 Å². The van der Waals surface area contributed by atoms with Gasteiger partial charge in [-0.3, -0.25) is 14.2 Å². The van der Waals surface area contributed by atoms with E-state index in [1.54, 1.807) is 67.2 Å². The highest BCUT2D eigenvalue weighted by Gasteiger charge is 2.23. The van der Waals surface area contributed by atoms with Gasteiger partial charge in [-0.25, -0.2) is 9.50 Å². The maximum atomic E-state index is 13.6. The van der Waals surface area contributed by atoms with Crippen molar-refractivity contribution in [2.75, 3.05) is 0 Å². The number of nitrogens with zero attached hydrogens (tertiary/aromatic N) is 4. The van der Waals surface area contributed by atoms with E-state index in [1.165, 1.54) is 16.7 Å². The summed E-state index contributed by atoms with van der Waals surface area (Å²) in [6.07, 6.45) is 3.32. The predicted octanol–water partition coefficient (Wildman–Crippen LogP) is 4.19. The Kier molecular flexibility index (Phi) is 5.30. The smallest absolute Gasteiger partial charge is 0.264 e. The number of fused-ring (bicyclic) bond motifs is 2. The van der Waals surface area contributed by atoms with Crippen LogP contribution in [-0.4, -0.2) is 30.2 Å². The van der Waals surface area contributed by atoms with E-state index in [-0.39, 0.29) is 17.2 Å². The van der Waals surface area contributed by atoms with Crippen molar-refractivity contribution in [1.82, 2.24) is 24.5 Å². The Hall–Kier alpha value is -4.17. The lowest BCUT2D eigenvalue weighted by molar-refractivity contribution is 0.0939. The van der Waals surface area contributed by atoms with Crippen molar-refractivity contribution >= 4 is 33.9 Å². The van der Waals surface area contributed by atoms with Gasteiger partial charge in [0.05, 0.1) is 27.8 Å². The van der Waals surface area contributed by atoms with Gasteiger partial charge < -0.3 is 10.4 Å². The number of aromatic nitrogens is 4. The van der Waals surface area contributed by atoms with E-state index in [0.29, 0.717) is 44.1 Å². The van der Waals surface area contributed by atoms with Crippen molar-refractivity contribution in [1.29, 1.82) is 0 Å². The molecule has 0 radical (unpaired) electrons. The maximum absolute atomic E-state index is 13.6. The molecule has 0 aliphatic rings. The molecule has 0 saturated heterocycles. The summed E-state index contributed by atoms with van der Waals surface area (Å²) in [6, 6.07) is 14.6. The number of hydrogen-bond donors (Lipinski definition) is 2. The van der Waals surface area contributed by atoms with E-state index < -0.39 is 6.04 Å². The molecule has 0 aliphatic carbocycles. The molecule has 0 unspecified atom stereocenters. The number of carbonyl (C=O) groups is 1. The van der Waals surface area contributed by atoms with Gasteiger partial charge in [-0.05, 0) is 49.6 Å². The Balaban J connectivity index is 1.65. The maximum Gasteiger partial charge on any atom is 0.264 e. The van der Waals surface area contributed by atoms with Crippen molar-refractivity contribution in [2.24, 2.45) is 0 Å². The van der Waals surface area contributed by atoms with Crippen LogP contribution >= 0.6 is 11.6 Å². The fourth-order valence-electron chi connectivity index (χ4n) is 4.16. The zero-order valence-electron chi connectivity index (χ0n) is 18.4. The van der Waals surface area contributed by atoms with Crippen LogP contribution in [0.4, 0.5) is 0 Å². The van der Waals surface area contributed by atoms with Crippen LogP contribution in [0.2, 0.25) is 5.02 Å². The Labute approximate surface area is 199 Å². The largest absolute Gasteiger partial charge is 0.508 e. The third-order valence-corrected chi connectivity index (χ3v) is 6.02. The first-order valence-corrected chi connectivity index (χ1v) is 11.0. The molecule has 8 nitrogen and oxygen atoms in total. The topological polar surface area (TPSA) is 102 Å². The van der Waals surface area contributed by atoms with Gasteiger partial charge in [-0.15, -0.1) is 0 Å².